The van der Waals surface area contributed by atoms with Crippen LogP contribution in [0.4, 0.5) is 0 Å². The van der Waals surface area contributed by atoms with E-state index in [1.807, 2.05) is 56.3 Å². The van der Waals surface area contributed by atoms with E-state index in [9.17, 15) is 4.79 Å². The molecule has 0 spiro atoms. The van der Waals surface area contributed by atoms with Crippen molar-refractivity contribution in [3.05, 3.63) is 60.1 Å². The summed E-state index contributed by atoms with van der Waals surface area (Å²) >= 11 is 0. The molecule has 21 heavy (non-hydrogen) atoms. The van der Waals surface area contributed by atoms with Crippen LogP contribution in [0.3, 0.4) is 0 Å². The summed E-state index contributed by atoms with van der Waals surface area (Å²) in [4.78, 5) is 11.9. The predicted molar refractivity (Wildman–Crippen MR) is 80.5 cm³/mol. The summed E-state index contributed by atoms with van der Waals surface area (Å²) in [5.74, 6) is 0.462. The van der Waals surface area contributed by atoms with Crippen LogP contribution in [0.25, 0.3) is 0 Å². The van der Waals surface area contributed by atoms with Crippen molar-refractivity contribution in [1.82, 2.24) is 5.32 Å². The minimum absolute atomic E-state index is 0.0735. The third kappa shape index (κ3) is 4.76. The van der Waals surface area contributed by atoms with E-state index >= 15 is 0 Å². The number of hydrogen-bond acceptors (Lipinski definition) is 4. The number of furan rings is 1. The van der Waals surface area contributed by atoms with Crippen molar-refractivity contribution in [2.24, 2.45) is 5.92 Å². The van der Waals surface area contributed by atoms with Gasteiger partial charge in [0.25, 0.3) is 0 Å². The van der Waals surface area contributed by atoms with Crippen molar-refractivity contribution in [2.45, 2.75) is 26.5 Å². The maximum Gasteiger partial charge on any atom is 0.310 e. The van der Waals surface area contributed by atoms with Crippen LogP contribution in [-0.2, 0) is 16.1 Å². The van der Waals surface area contributed by atoms with Gasteiger partial charge in [0, 0.05) is 6.54 Å². The van der Waals surface area contributed by atoms with Crippen molar-refractivity contribution in [3.63, 3.8) is 0 Å². The van der Waals surface area contributed by atoms with Gasteiger partial charge < -0.3 is 14.5 Å². The highest BCUT2D eigenvalue weighted by atomic mass is 16.5. The molecule has 4 heteroatoms. The molecule has 0 aliphatic heterocycles. The number of esters is 1. The Morgan fingerprint density at radius 1 is 1.19 bits per heavy atom. The minimum atomic E-state index is -0.203. The number of carbonyl (C=O) groups excluding carboxylic acids is 1. The maximum absolute atomic E-state index is 11.9. The zero-order valence-corrected chi connectivity index (χ0v) is 12.4. The first-order valence-corrected chi connectivity index (χ1v) is 7.14. The number of rotatable bonds is 7. The molecule has 1 unspecified atom stereocenters. The zero-order chi connectivity index (χ0) is 15.1. The molecule has 0 aliphatic carbocycles. The molecule has 4 nitrogen and oxygen atoms in total. The van der Waals surface area contributed by atoms with Gasteiger partial charge in [0.05, 0.1) is 18.2 Å². The van der Waals surface area contributed by atoms with Gasteiger partial charge in [-0.1, -0.05) is 37.3 Å². The Bertz CT molecular complexity index is 536. The van der Waals surface area contributed by atoms with E-state index in [1.54, 1.807) is 6.26 Å². The Morgan fingerprint density at radius 2 is 1.95 bits per heavy atom. The molecule has 1 heterocycles. The zero-order valence-electron chi connectivity index (χ0n) is 12.4. The number of benzene rings is 1. The average Bonchev–Trinajstić information content (AvgIpc) is 3.05. The van der Waals surface area contributed by atoms with Crippen molar-refractivity contribution in [1.29, 1.82) is 0 Å². The van der Waals surface area contributed by atoms with Crippen molar-refractivity contribution in [2.75, 3.05) is 6.54 Å². The van der Waals surface area contributed by atoms with Gasteiger partial charge in [0.15, 0.2) is 0 Å². The van der Waals surface area contributed by atoms with Crippen molar-refractivity contribution >= 4 is 5.97 Å². The molecule has 0 radical (unpaired) electrons. The van der Waals surface area contributed by atoms with Gasteiger partial charge in [0.2, 0.25) is 0 Å². The Balaban J connectivity index is 1.72. The van der Waals surface area contributed by atoms with Gasteiger partial charge in [-0.05, 0) is 24.6 Å². The number of hydrogen-bond donors (Lipinski definition) is 1. The lowest BCUT2D eigenvalue weighted by Crippen LogP contribution is -2.29. The molecule has 0 saturated carbocycles. The van der Waals surface area contributed by atoms with Crippen LogP contribution in [-0.4, -0.2) is 12.5 Å². The summed E-state index contributed by atoms with van der Waals surface area (Å²) in [6.45, 7) is 4.73. The molecule has 0 saturated heterocycles. The van der Waals surface area contributed by atoms with Gasteiger partial charge in [-0.25, -0.2) is 0 Å². The van der Waals surface area contributed by atoms with Crippen LogP contribution >= 0.6 is 0 Å². The van der Waals surface area contributed by atoms with E-state index < -0.39 is 0 Å². The number of ether oxygens (including phenoxy) is 1. The lowest BCUT2D eigenvalue weighted by atomic mass is 10.1. The van der Waals surface area contributed by atoms with E-state index in [2.05, 4.69) is 5.32 Å². The molecule has 1 aromatic heterocycles. The smallest absolute Gasteiger partial charge is 0.310 e. The fourth-order valence-corrected chi connectivity index (χ4v) is 1.95. The second kappa shape index (κ2) is 7.64. The monoisotopic (exact) mass is 287 g/mol. The Morgan fingerprint density at radius 3 is 2.62 bits per heavy atom. The SMILES string of the molecule is CC(CN[C@H](C)c1ccco1)C(=O)OCc1ccccc1. The highest BCUT2D eigenvalue weighted by Crippen LogP contribution is 2.13. The van der Waals surface area contributed by atoms with Gasteiger partial charge in [-0.15, -0.1) is 0 Å². The third-order valence-corrected chi connectivity index (χ3v) is 3.33. The van der Waals surface area contributed by atoms with Gasteiger partial charge in [-0.2, -0.15) is 0 Å². The molecule has 1 aromatic carbocycles. The van der Waals surface area contributed by atoms with Crippen LogP contribution in [0.2, 0.25) is 0 Å². The minimum Gasteiger partial charge on any atom is -0.468 e. The fraction of sp³-hybridized carbons (Fsp3) is 0.353. The number of carbonyl (C=O) groups is 1. The van der Waals surface area contributed by atoms with Crippen LogP contribution in [0.15, 0.2) is 53.1 Å². The first kappa shape index (κ1) is 15.3. The quantitative estimate of drug-likeness (QED) is 0.794. The molecule has 112 valence electrons. The first-order chi connectivity index (χ1) is 10.2. The fourth-order valence-electron chi connectivity index (χ4n) is 1.95. The van der Waals surface area contributed by atoms with Crippen LogP contribution in [0.1, 0.15) is 31.2 Å². The van der Waals surface area contributed by atoms with E-state index in [0.29, 0.717) is 13.2 Å². The summed E-state index contributed by atoms with van der Waals surface area (Å²) < 4.78 is 10.6. The number of nitrogens with one attached hydrogen (secondary N) is 1. The predicted octanol–water partition coefficient (Wildman–Crippen LogP) is 3.31. The van der Waals surface area contributed by atoms with Crippen LogP contribution in [0.5, 0.6) is 0 Å². The molecule has 2 atom stereocenters. The Kier molecular flexibility index (Phi) is 5.58. The van der Waals surface area contributed by atoms with E-state index in [-0.39, 0.29) is 17.9 Å². The van der Waals surface area contributed by atoms with Crippen molar-refractivity contribution in [3.8, 4) is 0 Å². The molecule has 0 aliphatic rings. The molecular formula is C17H21NO3. The third-order valence-electron chi connectivity index (χ3n) is 3.33. The van der Waals surface area contributed by atoms with Gasteiger partial charge in [-0.3, -0.25) is 4.79 Å². The molecule has 0 fully saturated rings. The Hall–Kier alpha value is -2.07. The molecule has 0 amide bonds. The second-order valence-corrected chi connectivity index (χ2v) is 5.14. The molecule has 2 aromatic rings. The first-order valence-electron chi connectivity index (χ1n) is 7.14. The van der Waals surface area contributed by atoms with E-state index in [4.69, 9.17) is 9.15 Å². The average molecular weight is 287 g/mol. The molecule has 1 N–H and O–H groups in total. The van der Waals surface area contributed by atoms with Crippen LogP contribution in [0, 0.1) is 5.92 Å². The summed E-state index contributed by atoms with van der Waals surface area (Å²) in [7, 11) is 0. The maximum atomic E-state index is 11.9. The van der Waals surface area contributed by atoms with E-state index in [0.717, 1.165) is 11.3 Å². The topological polar surface area (TPSA) is 51.5 Å². The van der Waals surface area contributed by atoms with Crippen molar-refractivity contribution < 1.29 is 13.9 Å². The standard InChI is InChI=1S/C17H21NO3/c1-13(11-18-14(2)16-9-6-10-20-16)17(19)21-12-15-7-4-3-5-8-15/h3-10,13-14,18H,11-12H2,1-2H3/t13?,14-/m1/s1. The lowest BCUT2D eigenvalue weighted by molar-refractivity contribution is -0.149. The molecule has 0 bridgehead atoms. The highest BCUT2D eigenvalue weighted by Gasteiger charge is 2.16. The summed E-state index contributed by atoms with van der Waals surface area (Å²) in [5, 5.41) is 3.27. The van der Waals surface area contributed by atoms with Gasteiger partial charge in [0.1, 0.15) is 12.4 Å². The second-order valence-electron chi connectivity index (χ2n) is 5.14. The highest BCUT2D eigenvalue weighted by molar-refractivity contribution is 5.72. The summed E-state index contributed by atoms with van der Waals surface area (Å²) in [6.07, 6.45) is 1.64. The Labute approximate surface area is 125 Å². The largest absolute Gasteiger partial charge is 0.468 e. The summed E-state index contributed by atoms with van der Waals surface area (Å²) in [5.41, 5.74) is 0.995. The lowest BCUT2D eigenvalue weighted by Gasteiger charge is -2.15. The normalized spacial score (nSPS) is 13.6. The molecule has 2 rings (SSSR count). The van der Waals surface area contributed by atoms with Gasteiger partial charge >= 0.3 is 5.97 Å². The van der Waals surface area contributed by atoms with E-state index in [1.165, 1.54) is 0 Å². The van der Waals surface area contributed by atoms with Crippen LogP contribution < -0.4 is 5.32 Å². The molecular weight excluding hydrogens is 266 g/mol. The summed E-state index contributed by atoms with van der Waals surface area (Å²) in [6, 6.07) is 13.5.